The van der Waals surface area contributed by atoms with Crippen molar-refractivity contribution in [2.24, 2.45) is 0 Å². The first-order chi connectivity index (χ1) is 10.3. The molecule has 2 aromatic rings. The van der Waals surface area contributed by atoms with E-state index >= 15 is 0 Å². The van der Waals surface area contributed by atoms with Gasteiger partial charge < -0.3 is 10.1 Å². The summed E-state index contributed by atoms with van der Waals surface area (Å²) >= 11 is 1.78. The van der Waals surface area contributed by atoms with Gasteiger partial charge in [0.2, 0.25) is 0 Å². The smallest absolute Gasteiger partial charge is 0.118 e. The molecule has 21 heavy (non-hydrogen) atoms. The van der Waals surface area contributed by atoms with Gasteiger partial charge in [-0.25, -0.2) is 0 Å². The molecule has 0 aliphatic rings. The maximum Gasteiger partial charge on any atom is 0.118 e. The highest BCUT2D eigenvalue weighted by Gasteiger charge is 2.09. The van der Waals surface area contributed by atoms with Crippen molar-refractivity contribution in [1.29, 1.82) is 0 Å². The zero-order valence-corrected chi connectivity index (χ0v) is 13.8. The van der Waals surface area contributed by atoms with Crippen molar-refractivity contribution in [3.05, 3.63) is 52.2 Å². The molecule has 0 aliphatic heterocycles. The second-order valence-corrected chi connectivity index (χ2v) is 6.15. The Balaban J connectivity index is 1.87. The van der Waals surface area contributed by atoms with E-state index in [1.54, 1.807) is 18.4 Å². The van der Waals surface area contributed by atoms with E-state index in [1.165, 1.54) is 24.0 Å². The third-order valence-electron chi connectivity index (χ3n) is 3.69. The van der Waals surface area contributed by atoms with E-state index in [9.17, 15) is 0 Å². The van der Waals surface area contributed by atoms with Crippen molar-refractivity contribution in [1.82, 2.24) is 5.32 Å². The van der Waals surface area contributed by atoms with Crippen LogP contribution in [0.15, 0.2) is 41.1 Å². The van der Waals surface area contributed by atoms with Crippen molar-refractivity contribution >= 4 is 11.3 Å². The molecule has 0 saturated heterocycles. The van der Waals surface area contributed by atoms with E-state index in [2.05, 4.69) is 41.2 Å². The first kappa shape index (κ1) is 16.1. The summed E-state index contributed by atoms with van der Waals surface area (Å²) in [6, 6.07) is 11.2. The average Bonchev–Trinajstić information content (AvgIpc) is 3.03. The SMILES string of the molecule is CCCNC(CCc1ccc(OC)cc1)Cc1ccsc1. The van der Waals surface area contributed by atoms with Crippen molar-refractivity contribution in [3.8, 4) is 5.75 Å². The second-order valence-electron chi connectivity index (χ2n) is 5.37. The molecule has 0 saturated carbocycles. The summed E-state index contributed by atoms with van der Waals surface area (Å²) in [6.45, 7) is 3.32. The predicted molar refractivity (Wildman–Crippen MR) is 91.4 cm³/mol. The lowest BCUT2D eigenvalue weighted by molar-refractivity contribution is 0.414. The molecule has 0 radical (unpaired) electrons. The van der Waals surface area contributed by atoms with Gasteiger partial charge in [-0.3, -0.25) is 0 Å². The number of hydrogen-bond donors (Lipinski definition) is 1. The van der Waals surface area contributed by atoms with Crippen LogP contribution in [0.3, 0.4) is 0 Å². The molecule has 1 heterocycles. The Morgan fingerprint density at radius 2 is 1.95 bits per heavy atom. The van der Waals surface area contributed by atoms with Crippen molar-refractivity contribution < 1.29 is 4.74 Å². The topological polar surface area (TPSA) is 21.3 Å². The fourth-order valence-corrected chi connectivity index (χ4v) is 3.13. The molecule has 0 fully saturated rings. The molecular weight excluding hydrogens is 278 g/mol. The van der Waals surface area contributed by atoms with Crippen LogP contribution in [0.4, 0.5) is 0 Å². The maximum atomic E-state index is 5.21. The van der Waals surface area contributed by atoms with Gasteiger partial charge in [-0.2, -0.15) is 11.3 Å². The Bertz CT molecular complexity index is 492. The standard InChI is InChI=1S/C18H25NOS/c1-3-11-19-17(13-16-10-12-21-14-16)7-4-15-5-8-18(20-2)9-6-15/h5-6,8-10,12,14,17,19H,3-4,7,11,13H2,1-2H3. The quantitative estimate of drug-likeness (QED) is 0.745. The van der Waals surface area contributed by atoms with Crippen molar-refractivity contribution in [3.63, 3.8) is 0 Å². The van der Waals surface area contributed by atoms with Crippen LogP contribution in [-0.2, 0) is 12.8 Å². The molecule has 1 aromatic heterocycles. The molecule has 1 aromatic carbocycles. The van der Waals surface area contributed by atoms with Gasteiger partial charge >= 0.3 is 0 Å². The zero-order valence-electron chi connectivity index (χ0n) is 13.0. The van der Waals surface area contributed by atoms with Crippen LogP contribution in [0.5, 0.6) is 5.75 Å². The van der Waals surface area contributed by atoms with Crippen LogP contribution in [0.2, 0.25) is 0 Å². The maximum absolute atomic E-state index is 5.21. The van der Waals surface area contributed by atoms with E-state index in [0.29, 0.717) is 6.04 Å². The minimum absolute atomic E-state index is 0.557. The molecule has 2 rings (SSSR count). The van der Waals surface area contributed by atoms with Gasteiger partial charge in [-0.1, -0.05) is 19.1 Å². The minimum Gasteiger partial charge on any atom is -0.497 e. The van der Waals surface area contributed by atoms with Gasteiger partial charge in [-0.15, -0.1) is 0 Å². The highest BCUT2D eigenvalue weighted by molar-refractivity contribution is 7.07. The number of rotatable bonds is 9. The fraction of sp³-hybridized carbons (Fsp3) is 0.444. The lowest BCUT2D eigenvalue weighted by Crippen LogP contribution is -2.32. The lowest BCUT2D eigenvalue weighted by Gasteiger charge is -2.18. The number of ether oxygens (including phenoxy) is 1. The van der Waals surface area contributed by atoms with Crippen molar-refractivity contribution in [2.45, 2.75) is 38.6 Å². The summed E-state index contributed by atoms with van der Waals surface area (Å²) in [5, 5.41) is 8.10. The highest BCUT2D eigenvalue weighted by atomic mass is 32.1. The monoisotopic (exact) mass is 303 g/mol. The van der Waals surface area contributed by atoms with Crippen LogP contribution in [0, 0.1) is 0 Å². The first-order valence-electron chi connectivity index (χ1n) is 7.69. The third kappa shape index (κ3) is 5.52. The van der Waals surface area contributed by atoms with Gasteiger partial charge in [0.1, 0.15) is 5.75 Å². The minimum atomic E-state index is 0.557. The van der Waals surface area contributed by atoms with Crippen LogP contribution in [0.1, 0.15) is 30.9 Å². The van der Waals surface area contributed by atoms with E-state index in [4.69, 9.17) is 4.74 Å². The zero-order chi connectivity index (χ0) is 14.9. The van der Waals surface area contributed by atoms with Gasteiger partial charge in [0.15, 0.2) is 0 Å². The third-order valence-corrected chi connectivity index (χ3v) is 4.42. The number of nitrogens with one attached hydrogen (secondary N) is 1. The summed E-state index contributed by atoms with van der Waals surface area (Å²) in [6.07, 6.45) is 4.58. The molecule has 1 N–H and O–H groups in total. The molecule has 114 valence electrons. The fourth-order valence-electron chi connectivity index (χ4n) is 2.45. The van der Waals surface area contributed by atoms with Crippen LogP contribution in [0.25, 0.3) is 0 Å². The average molecular weight is 303 g/mol. The first-order valence-corrected chi connectivity index (χ1v) is 8.63. The molecular formula is C18H25NOS. The molecule has 0 amide bonds. The molecule has 1 atom stereocenters. The Morgan fingerprint density at radius 3 is 2.57 bits per heavy atom. The normalized spacial score (nSPS) is 12.3. The summed E-state index contributed by atoms with van der Waals surface area (Å²) in [5.74, 6) is 0.928. The van der Waals surface area contributed by atoms with E-state index in [0.717, 1.165) is 25.1 Å². The Kier molecular flexibility index (Phi) is 6.77. The number of hydrogen-bond acceptors (Lipinski definition) is 3. The number of methoxy groups -OCH3 is 1. The predicted octanol–water partition coefficient (Wildman–Crippen LogP) is 4.30. The number of thiophene rings is 1. The number of benzene rings is 1. The van der Waals surface area contributed by atoms with Gasteiger partial charge in [0, 0.05) is 6.04 Å². The van der Waals surface area contributed by atoms with Crippen molar-refractivity contribution in [2.75, 3.05) is 13.7 Å². The van der Waals surface area contributed by atoms with E-state index in [1.807, 2.05) is 12.1 Å². The molecule has 0 spiro atoms. The van der Waals surface area contributed by atoms with E-state index in [-0.39, 0.29) is 0 Å². The Morgan fingerprint density at radius 1 is 1.14 bits per heavy atom. The molecule has 0 bridgehead atoms. The van der Waals surface area contributed by atoms with Gasteiger partial charge in [-0.05, 0) is 72.3 Å². The summed E-state index contributed by atoms with van der Waals surface area (Å²) in [5.41, 5.74) is 2.83. The Labute approximate surface area is 132 Å². The molecule has 1 unspecified atom stereocenters. The molecule has 3 heteroatoms. The second kappa shape index (κ2) is 8.85. The largest absolute Gasteiger partial charge is 0.497 e. The van der Waals surface area contributed by atoms with Crippen LogP contribution >= 0.6 is 11.3 Å². The van der Waals surface area contributed by atoms with Gasteiger partial charge in [0.25, 0.3) is 0 Å². The molecule has 0 aliphatic carbocycles. The summed E-state index contributed by atoms with van der Waals surface area (Å²) in [7, 11) is 1.71. The summed E-state index contributed by atoms with van der Waals surface area (Å²) < 4.78 is 5.21. The summed E-state index contributed by atoms with van der Waals surface area (Å²) in [4.78, 5) is 0. The molecule has 2 nitrogen and oxygen atoms in total. The lowest BCUT2D eigenvalue weighted by atomic mass is 10.0. The van der Waals surface area contributed by atoms with Gasteiger partial charge in [0.05, 0.1) is 7.11 Å². The van der Waals surface area contributed by atoms with E-state index < -0.39 is 0 Å². The Hall–Kier alpha value is -1.32. The number of aryl methyl sites for hydroxylation is 1. The van der Waals surface area contributed by atoms with Crippen LogP contribution < -0.4 is 10.1 Å². The highest BCUT2D eigenvalue weighted by Crippen LogP contribution is 2.15. The van der Waals surface area contributed by atoms with Crippen LogP contribution in [-0.4, -0.2) is 19.7 Å².